The number of rotatable bonds is 4. The number of anilines is 3. The van der Waals surface area contributed by atoms with Gasteiger partial charge < -0.3 is 13.7 Å². The molecule has 0 fully saturated rings. The zero-order chi connectivity index (χ0) is 31.0. The fraction of sp³-hybridized carbons (Fsp3) is 0.100. The molecule has 0 saturated carbocycles. The summed E-state index contributed by atoms with van der Waals surface area (Å²) >= 11 is 0. The lowest BCUT2D eigenvalue weighted by Crippen LogP contribution is -2.31. The van der Waals surface area contributed by atoms with E-state index in [1.54, 1.807) is 0 Å². The summed E-state index contributed by atoms with van der Waals surface area (Å²) < 4.78 is 15.6. The van der Waals surface area contributed by atoms with Crippen molar-refractivity contribution in [3.63, 3.8) is 0 Å². The Labute approximate surface area is 266 Å². The van der Waals surface area contributed by atoms with Crippen molar-refractivity contribution in [3.05, 3.63) is 139 Å². The summed E-state index contributed by atoms with van der Waals surface area (Å²) in [5.41, 5.74) is 8.75. The van der Waals surface area contributed by atoms with Gasteiger partial charge in [0.1, 0.15) is 23.0 Å². The highest BCUT2D eigenvalue weighted by atomic mass is 16.5. The van der Waals surface area contributed by atoms with Crippen molar-refractivity contribution in [1.29, 1.82) is 0 Å². The van der Waals surface area contributed by atoms with Crippen LogP contribution in [0.25, 0.3) is 44.4 Å². The van der Waals surface area contributed by atoms with Crippen molar-refractivity contribution < 1.29 is 9.15 Å². The third-order valence-electron chi connectivity index (χ3n) is 9.26. The molecule has 9 rings (SSSR count). The monoisotopic (exact) mass is 598 g/mol. The second kappa shape index (κ2) is 9.81. The molecule has 0 saturated heterocycles. The third-order valence-corrected chi connectivity index (χ3v) is 9.26. The van der Waals surface area contributed by atoms with Gasteiger partial charge in [0.05, 0.1) is 22.4 Å². The van der Waals surface area contributed by atoms with Crippen LogP contribution in [0.15, 0.2) is 132 Å². The van der Waals surface area contributed by atoms with Crippen LogP contribution < -0.4 is 9.64 Å². The van der Waals surface area contributed by atoms with Gasteiger partial charge in [-0.3, -0.25) is 4.90 Å². The Hall–Kier alpha value is -5.88. The van der Waals surface area contributed by atoms with E-state index in [0.29, 0.717) is 11.5 Å². The number of aryl methyl sites for hydroxylation is 1. The maximum Gasteiger partial charge on any atom is 0.178 e. The highest BCUT2D eigenvalue weighted by molar-refractivity contribution is 6.13. The number of nitrogens with zero attached hydrogens (tertiary/aromatic N) is 4. The number of hydrogen-bond donors (Lipinski definition) is 0. The molecule has 8 aromatic rings. The predicted molar refractivity (Wildman–Crippen MR) is 185 cm³/mol. The molecule has 0 amide bonds. The summed E-state index contributed by atoms with van der Waals surface area (Å²) in [6, 6.07) is 41.3. The van der Waals surface area contributed by atoms with E-state index in [1.807, 2.05) is 73.9 Å². The molecule has 1 aliphatic rings. The largest absolute Gasteiger partial charge is 0.453 e. The van der Waals surface area contributed by atoms with E-state index in [1.165, 1.54) is 11.1 Å². The molecular weight excluding hydrogens is 568 g/mol. The summed E-state index contributed by atoms with van der Waals surface area (Å²) in [5.74, 6) is 3.06. The van der Waals surface area contributed by atoms with Gasteiger partial charge in [-0.2, -0.15) is 0 Å². The Morgan fingerprint density at radius 2 is 1.57 bits per heavy atom. The molecular formula is C40H30N4O2. The average molecular weight is 599 g/mol. The van der Waals surface area contributed by atoms with Gasteiger partial charge in [0.2, 0.25) is 0 Å². The van der Waals surface area contributed by atoms with Crippen LogP contribution in [0.4, 0.5) is 17.2 Å². The zero-order valence-electron chi connectivity index (χ0n) is 25.7. The SMILES string of the molecule is Cn1c(-c2cccc(Oc3cc4c(c5c3oc3ccccc35)C(C)(C)c3ccccc3N4c3ccccn3)c2)nc2ccccc21. The van der Waals surface area contributed by atoms with Crippen LogP contribution in [0.3, 0.4) is 0 Å². The number of para-hydroxylation sites is 4. The second-order valence-electron chi connectivity index (χ2n) is 12.3. The van der Waals surface area contributed by atoms with Gasteiger partial charge in [0, 0.05) is 41.1 Å². The number of hydrogen-bond acceptors (Lipinski definition) is 5. The maximum absolute atomic E-state index is 6.83. The Kier molecular flexibility index (Phi) is 5.66. The highest BCUT2D eigenvalue weighted by Crippen LogP contribution is 2.57. The summed E-state index contributed by atoms with van der Waals surface area (Å²) in [5, 5.41) is 2.11. The fourth-order valence-corrected chi connectivity index (χ4v) is 7.17. The zero-order valence-corrected chi connectivity index (χ0v) is 25.7. The van der Waals surface area contributed by atoms with E-state index in [9.17, 15) is 0 Å². The second-order valence-corrected chi connectivity index (χ2v) is 12.3. The van der Waals surface area contributed by atoms with Crippen molar-refractivity contribution in [3.8, 4) is 22.9 Å². The van der Waals surface area contributed by atoms with Crippen LogP contribution in [-0.4, -0.2) is 14.5 Å². The first-order valence-electron chi connectivity index (χ1n) is 15.5. The quantitative estimate of drug-likeness (QED) is 0.202. The van der Waals surface area contributed by atoms with Gasteiger partial charge >= 0.3 is 0 Å². The topological polar surface area (TPSA) is 56.3 Å². The van der Waals surface area contributed by atoms with Crippen molar-refractivity contribution in [2.24, 2.45) is 7.05 Å². The normalized spacial score (nSPS) is 13.7. The summed E-state index contributed by atoms with van der Waals surface area (Å²) in [6.07, 6.45) is 1.84. The summed E-state index contributed by atoms with van der Waals surface area (Å²) in [4.78, 5) is 12.0. The van der Waals surface area contributed by atoms with Crippen LogP contribution >= 0.6 is 0 Å². The Morgan fingerprint density at radius 1 is 0.761 bits per heavy atom. The summed E-state index contributed by atoms with van der Waals surface area (Å²) in [7, 11) is 2.05. The highest BCUT2D eigenvalue weighted by Gasteiger charge is 2.40. The number of benzene rings is 5. The molecule has 3 aromatic heterocycles. The molecule has 4 heterocycles. The van der Waals surface area contributed by atoms with Crippen molar-refractivity contribution >= 4 is 50.2 Å². The number of imidazole rings is 1. The van der Waals surface area contributed by atoms with E-state index in [2.05, 4.69) is 84.0 Å². The molecule has 6 heteroatoms. The van der Waals surface area contributed by atoms with E-state index in [4.69, 9.17) is 19.1 Å². The minimum atomic E-state index is -0.333. The van der Waals surface area contributed by atoms with Crippen molar-refractivity contribution in [1.82, 2.24) is 14.5 Å². The molecule has 0 bridgehead atoms. The minimum absolute atomic E-state index is 0.333. The number of furan rings is 1. The predicted octanol–water partition coefficient (Wildman–Crippen LogP) is 10.4. The number of ether oxygens (including phenoxy) is 1. The summed E-state index contributed by atoms with van der Waals surface area (Å²) in [6.45, 7) is 4.59. The first kappa shape index (κ1) is 26.5. The van der Waals surface area contributed by atoms with Crippen LogP contribution in [-0.2, 0) is 12.5 Å². The first-order valence-corrected chi connectivity index (χ1v) is 15.5. The number of fused-ring (bicyclic) bond motifs is 7. The molecule has 46 heavy (non-hydrogen) atoms. The molecule has 5 aromatic carbocycles. The molecule has 0 N–H and O–H groups in total. The van der Waals surface area contributed by atoms with E-state index < -0.39 is 0 Å². The lowest BCUT2D eigenvalue weighted by molar-refractivity contribution is 0.476. The molecule has 222 valence electrons. The van der Waals surface area contributed by atoms with Crippen LogP contribution in [0.5, 0.6) is 11.5 Å². The van der Waals surface area contributed by atoms with E-state index >= 15 is 0 Å². The molecule has 0 atom stereocenters. The standard InChI is InChI=1S/C40H30N4O2/c1-40(2)28-16-5-7-18-30(28)44(35-21-10-11-22-41-35)32-24-34(38-36(37(32)40)27-15-4-9-20-33(27)46-38)45-26-14-12-13-25(23-26)39-42-29-17-6-8-19-31(29)43(39)3/h4-24H,1-3H3. The number of aromatic nitrogens is 3. The minimum Gasteiger partial charge on any atom is -0.453 e. The maximum atomic E-state index is 6.83. The fourth-order valence-electron chi connectivity index (χ4n) is 7.17. The van der Waals surface area contributed by atoms with Crippen LogP contribution in [0, 0.1) is 0 Å². The van der Waals surface area contributed by atoms with Gasteiger partial charge in [-0.25, -0.2) is 9.97 Å². The van der Waals surface area contributed by atoms with Crippen LogP contribution in [0.1, 0.15) is 25.0 Å². The average Bonchev–Trinajstić information content (AvgIpc) is 3.64. The van der Waals surface area contributed by atoms with Gasteiger partial charge in [0.15, 0.2) is 11.3 Å². The number of pyridine rings is 1. The molecule has 1 aliphatic heterocycles. The Morgan fingerprint density at radius 3 is 2.43 bits per heavy atom. The van der Waals surface area contributed by atoms with Gasteiger partial charge in [-0.05, 0) is 59.7 Å². The Bertz CT molecular complexity index is 2460. The molecule has 6 nitrogen and oxygen atoms in total. The molecule has 0 spiro atoms. The van der Waals surface area contributed by atoms with E-state index in [0.717, 1.165) is 61.6 Å². The molecule has 0 radical (unpaired) electrons. The molecule has 0 aliphatic carbocycles. The third kappa shape index (κ3) is 3.83. The van der Waals surface area contributed by atoms with Gasteiger partial charge in [-0.1, -0.05) is 80.6 Å². The smallest absolute Gasteiger partial charge is 0.178 e. The van der Waals surface area contributed by atoms with Gasteiger partial charge in [0.25, 0.3) is 0 Å². The van der Waals surface area contributed by atoms with Gasteiger partial charge in [-0.15, -0.1) is 0 Å². The van der Waals surface area contributed by atoms with E-state index in [-0.39, 0.29) is 5.41 Å². The van der Waals surface area contributed by atoms with Crippen molar-refractivity contribution in [2.45, 2.75) is 19.3 Å². The first-order chi connectivity index (χ1) is 22.5. The Balaban J connectivity index is 1.29. The van der Waals surface area contributed by atoms with Crippen molar-refractivity contribution in [2.75, 3.05) is 4.90 Å². The lowest BCUT2D eigenvalue weighted by Gasteiger charge is -2.42. The lowest BCUT2D eigenvalue weighted by atomic mass is 9.72. The van der Waals surface area contributed by atoms with Crippen LogP contribution in [0.2, 0.25) is 0 Å². The molecule has 0 unspecified atom stereocenters.